The zero-order valence-corrected chi connectivity index (χ0v) is 13.6. The number of benzene rings is 1. The zero-order chi connectivity index (χ0) is 16.7. The Morgan fingerprint density at radius 2 is 1.96 bits per heavy atom. The van der Waals surface area contributed by atoms with E-state index in [1.807, 2.05) is 30.3 Å². The third-order valence-electron chi connectivity index (χ3n) is 4.34. The normalized spacial score (nSPS) is 20.7. The van der Waals surface area contributed by atoms with Crippen LogP contribution in [-0.2, 0) is 14.3 Å². The van der Waals surface area contributed by atoms with Crippen LogP contribution in [0.15, 0.2) is 30.3 Å². The standard InChI is InChI=1S/C18H25NO4/c1-2-3-7-10-23-13-17(20)19-11-15(16(12-19)18(21)22)14-8-5-4-6-9-14/h4-6,8-9,15-16H,2-3,7,10-13H2,1H3,(H,21,22). The molecule has 1 N–H and O–H groups in total. The summed E-state index contributed by atoms with van der Waals surface area (Å²) in [5, 5.41) is 9.45. The molecule has 2 unspecified atom stereocenters. The Balaban J connectivity index is 1.92. The number of hydrogen-bond acceptors (Lipinski definition) is 3. The monoisotopic (exact) mass is 319 g/mol. The fraction of sp³-hybridized carbons (Fsp3) is 0.556. The molecule has 0 bridgehead atoms. The number of carbonyl (C=O) groups excluding carboxylic acids is 1. The average Bonchev–Trinajstić information content (AvgIpc) is 3.01. The second-order valence-electron chi connectivity index (χ2n) is 6.02. The van der Waals surface area contributed by atoms with E-state index in [9.17, 15) is 14.7 Å². The first-order valence-electron chi connectivity index (χ1n) is 8.26. The van der Waals surface area contributed by atoms with E-state index in [-0.39, 0.29) is 25.0 Å². The van der Waals surface area contributed by atoms with Crippen molar-refractivity contribution in [3.8, 4) is 0 Å². The number of nitrogens with zero attached hydrogens (tertiary/aromatic N) is 1. The van der Waals surface area contributed by atoms with Crippen molar-refractivity contribution in [2.75, 3.05) is 26.3 Å². The number of rotatable bonds is 8. The van der Waals surface area contributed by atoms with Crippen molar-refractivity contribution in [3.63, 3.8) is 0 Å². The summed E-state index contributed by atoms with van der Waals surface area (Å²) >= 11 is 0. The van der Waals surface area contributed by atoms with Crippen LogP contribution >= 0.6 is 0 Å². The van der Waals surface area contributed by atoms with E-state index >= 15 is 0 Å². The van der Waals surface area contributed by atoms with Crippen LogP contribution in [-0.4, -0.2) is 48.2 Å². The first-order chi connectivity index (χ1) is 11.1. The van der Waals surface area contributed by atoms with Gasteiger partial charge in [-0.1, -0.05) is 50.1 Å². The van der Waals surface area contributed by atoms with E-state index in [2.05, 4.69) is 6.92 Å². The van der Waals surface area contributed by atoms with Gasteiger partial charge in [0.05, 0.1) is 5.92 Å². The van der Waals surface area contributed by atoms with Gasteiger partial charge in [-0.25, -0.2) is 0 Å². The summed E-state index contributed by atoms with van der Waals surface area (Å²) in [5.74, 6) is -1.68. The van der Waals surface area contributed by atoms with E-state index in [1.54, 1.807) is 4.90 Å². The number of ether oxygens (including phenoxy) is 1. The Bertz CT molecular complexity index is 517. The SMILES string of the molecule is CCCCCOCC(=O)N1CC(C(=O)O)C(c2ccccc2)C1. The van der Waals surface area contributed by atoms with Gasteiger partial charge in [0.25, 0.3) is 0 Å². The molecule has 2 atom stereocenters. The number of carboxylic acids is 1. The van der Waals surface area contributed by atoms with Crippen molar-refractivity contribution in [1.82, 2.24) is 4.90 Å². The smallest absolute Gasteiger partial charge is 0.308 e. The molecular weight excluding hydrogens is 294 g/mol. The first kappa shape index (κ1) is 17.5. The number of carbonyl (C=O) groups is 2. The molecule has 5 heteroatoms. The molecule has 0 spiro atoms. The lowest BCUT2D eigenvalue weighted by atomic mass is 9.89. The summed E-state index contributed by atoms with van der Waals surface area (Å²) in [6.45, 7) is 3.44. The van der Waals surface area contributed by atoms with E-state index in [4.69, 9.17) is 4.74 Å². The molecule has 1 aliphatic rings. The fourth-order valence-electron chi connectivity index (χ4n) is 3.00. The highest BCUT2D eigenvalue weighted by Gasteiger charge is 2.40. The van der Waals surface area contributed by atoms with Crippen LogP contribution in [0.2, 0.25) is 0 Å². The van der Waals surface area contributed by atoms with Crippen molar-refractivity contribution in [1.29, 1.82) is 0 Å². The van der Waals surface area contributed by atoms with Crippen LogP contribution in [0.25, 0.3) is 0 Å². The molecule has 0 aromatic heterocycles. The van der Waals surface area contributed by atoms with Gasteiger partial charge < -0.3 is 14.7 Å². The lowest BCUT2D eigenvalue weighted by Crippen LogP contribution is -2.33. The number of hydrogen-bond donors (Lipinski definition) is 1. The van der Waals surface area contributed by atoms with E-state index < -0.39 is 11.9 Å². The molecule has 1 amide bonds. The minimum atomic E-state index is -0.849. The molecule has 2 rings (SSSR count). The van der Waals surface area contributed by atoms with Gasteiger partial charge in [0, 0.05) is 25.6 Å². The number of likely N-dealkylation sites (tertiary alicyclic amines) is 1. The number of unbranched alkanes of at least 4 members (excludes halogenated alkanes) is 2. The molecule has 23 heavy (non-hydrogen) atoms. The zero-order valence-electron chi connectivity index (χ0n) is 13.6. The third-order valence-corrected chi connectivity index (χ3v) is 4.34. The largest absolute Gasteiger partial charge is 0.481 e. The summed E-state index contributed by atoms with van der Waals surface area (Å²) in [6.07, 6.45) is 3.16. The molecule has 1 aromatic carbocycles. The van der Waals surface area contributed by atoms with E-state index in [1.165, 1.54) is 0 Å². The van der Waals surface area contributed by atoms with Gasteiger partial charge in [-0.05, 0) is 12.0 Å². The van der Waals surface area contributed by atoms with Gasteiger partial charge in [-0.3, -0.25) is 9.59 Å². The number of amides is 1. The lowest BCUT2D eigenvalue weighted by molar-refractivity contribution is -0.142. The minimum absolute atomic E-state index is 0.0392. The maximum atomic E-state index is 12.2. The summed E-state index contributed by atoms with van der Waals surface area (Å²) in [5.41, 5.74) is 0.971. The fourth-order valence-corrected chi connectivity index (χ4v) is 3.00. The molecule has 1 saturated heterocycles. The molecule has 1 heterocycles. The number of aliphatic carboxylic acids is 1. The molecule has 0 saturated carbocycles. The van der Waals surface area contributed by atoms with Gasteiger partial charge in [0.15, 0.2) is 0 Å². The average molecular weight is 319 g/mol. The van der Waals surface area contributed by atoms with Gasteiger partial charge in [-0.15, -0.1) is 0 Å². The van der Waals surface area contributed by atoms with Crippen LogP contribution in [0.4, 0.5) is 0 Å². The second-order valence-corrected chi connectivity index (χ2v) is 6.02. The van der Waals surface area contributed by atoms with Crippen LogP contribution in [0, 0.1) is 5.92 Å². The summed E-state index contributed by atoms with van der Waals surface area (Å²) in [4.78, 5) is 25.4. The molecule has 5 nitrogen and oxygen atoms in total. The van der Waals surface area contributed by atoms with Crippen molar-refractivity contribution in [2.24, 2.45) is 5.92 Å². The van der Waals surface area contributed by atoms with Crippen molar-refractivity contribution in [3.05, 3.63) is 35.9 Å². The summed E-state index contributed by atoms with van der Waals surface area (Å²) < 4.78 is 5.41. The van der Waals surface area contributed by atoms with Crippen molar-refractivity contribution in [2.45, 2.75) is 32.1 Å². The first-order valence-corrected chi connectivity index (χ1v) is 8.26. The Hall–Kier alpha value is -1.88. The van der Waals surface area contributed by atoms with E-state index in [0.29, 0.717) is 13.2 Å². The Labute approximate surface area is 137 Å². The Morgan fingerprint density at radius 3 is 2.61 bits per heavy atom. The molecule has 0 aliphatic carbocycles. The van der Waals surface area contributed by atoms with Gasteiger partial charge in [-0.2, -0.15) is 0 Å². The summed E-state index contributed by atoms with van der Waals surface area (Å²) in [6, 6.07) is 9.55. The minimum Gasteiger partial charge on any atom is -0.481 e. The quantitative estimate of drug-likeness (QED) is 0.748. The Morgan fingerprint density at radius 1 is 1.22 bits per heavy atom. The van der Waals surface area contributed by atoms with Crippen molar-refractivity contribution < 1.29 is 19.4 Å². The highest BCUT2D eigenvalue weighted by molar-refractivity contribution is 5.80. The Kier molecular flexibility index (Phi) is 6.59. The summed E-state index contributed by atoms with van der Waals surface area (Å²) in [7, 11) is 0. The third kappa shape index (κ3) is 4.79. The van der Waals surface area contributed by atoms with E-state index in [0.717, 1.165) is 24.8 Å². The molecule has 1 aliphatic heterocycles. The lowest BCUT2D eigenvalue weighted by Gasteiger charge is -2.16. The van der Waals surface area contributed by atoms with Gasteiger partial charge in [0.2, 0.25) is 5.91 Å². The van der Waals surface area contributed by atoms with Gasteiger partial charge in [0.1, 0.15) is 6.61 Å². The van der Waals surface area contributed by atoms with Crippen LogP contribution in [0.3, 0.4) is 0 Å². The topological polar surface area (TPSA) is 66.8 Å². The van der Waals surface area contributed by atoms with Crippen LogP contribution in [0.1, 0.15) is 37.7 Å². The highest BCUT2D eigenvalue weighted by Crippen LogP contribution is 2.32. The maximum absolute atomic E-state index is 12.2. The van der Waals surface area contributed by atoms with Crippen molar-refractivity contribution >= 4 is 11.9 Å². The molecular formula is C18H25NO4. The van der Waals surface area contributed by atoms with Gasteiger partial charge >= 0.3 is 5.97 Å². The predicted octanol–water partition coefficient (Wildman–Crippen LogP) is 2.52. The molecule has 126 valence electrons. The maximum Gasteiger partial charge on any atom is 0.308 e. The van der Waals surface area contributed by atoms with Crippen LogP contribution in [0.5, 0.6) is 0 Å². The molecule has 1 aromatic rings. The highest BCUT2D eigenvalue weighted by atomic mass is 16.5. The molecule has 1 fully saturated rings. The van der Waals surface area contributed by atoms with Crippen LogP contribution < -0.4 is 0 Å². The number of carboxylic acid groups (broad SMARTS) is 1. The molecule has 0 radical (unpaired) electrons. The second kappa shape index (κ2) is 8.67. The predicted molar refractivity (Wildman–Crippen MR) is 87.2 cm³/mol.